The summed E-state index contributed by atoms with van der Waals surface area (Å²) < 4.78 is 1.12. The summed E-state index contributed by atoms with van der Waals surface area (Å²) in [5, 5.41) is 0. The predicted octanol–water partition coefficient (Wildman–Crippen LogP) is 3.46. The molecular weight excluding hydrogens is 381 g/mol. The number of alkyl halides is 1. The number of nitrogens with zero attached hydrogens (tertiary/aromatic N) is 1. The maximum atomic E-state index is 11.8. The van der Waals surface area contributed by atoms with Crippen LogP contribution in [0.15, 0.2) is 34.8 Å². The Hall–Kier alpha value is -0.360. The molecule has 2 nitrogen and oxygen atoms in total. The molecule has 4 heteroatoms. The lowest BCUT2D eigenvalue weighted by molar-refractivity contribution is -0.126. The number of carbonyl (C=O) groups is 1. The van der Waals surface area contributed by atoms with Crippen molar-refractivity contribution in [3.8, 4) is 0 Å². The van der Waals surface area contributed by atoms with E-state index in [0.29, 0.717) is 0 Å². The molecule has 1 aliphatic rings. The highest BCUT2D eigenvalue weighted by Gasteiger charge is 2.25. The van der Waals surface area contributed by atoms with Gasteiger partial charge in [-0.3, -0.25) is 4.79 Å². The highest BCUT2D eigenvalue weighted by atomic mass is 127. The van der Waals surface area contributed by atoms with E-state index in [9.17, 15) is 4.79 Å². The minimum atomic E-state index is 0.0711. The molecule has 0 aliphatic carbocycles. The fraction of sp³-hybridized carbons (Fsp3) is 0.250. The van der Waals surface area contributed by atoms with Crippen molar-refractivity contribution in [3.63, 3.8) is 0 Å². The Morgan fingerprint density at radius 3 is 2.62 bits per heavy atom. The summed E-state index contributed by atoms with van der Waals surface area (Å²) in [6, 6.07) is 8.02. The quantitative estimate of drug-likeness (QED) is 0.530. The molecule has 0 bridgehead atoms. The van der Waals surface area contributed by atoms with Gasteiger partial charge < -0.3 is 4.90 Å². The fourth-order valence-electron chi connectivity index (χ4n) is 1.71. The van der Waals surface area contributed by atoms with E-state index in [-0.39, 0.29) is 9.83 Å². The highest BCUT2D eigenvalue weighted by molar-refractivity contribution is 14.1. The topological polar surface area (TPSA) is 20.3 Å². The van der Waals surface area contributed by atoms with Crippen LogP contribution in [0.25, 0.3) is 5.70 Å². The zero-order valence-corrected chi connectivity index (χ0v) is 12.5. The van der Waals surface area contributed by atoms with Gasteiger partial charge in [0.2, 0.25) is 5.91 Å². The summed E-state index contributed by atoms with van der Waals surface area (Å²) >= 11 is 5.59. The van der Waals surface area contributed by atoms with Crippen LogP contribution in [0.4, 0.5) is 0 Å². The lowest BCUT2D eigenvalue weighted by atomic mass is 10.1. The first-order valence-electron chi connectivity index (χ1n) is 4.97. The van der Waals surface area contributed by atoms with Crippen LogP contribution in [0.1, 0.15) is 12.0 Å². The predicted molar refractivity (Wildman–Crippen MR) is 77.3 cm³/mol. The minimum Gasteiger partial charge on any atom is -0.314 e. The number of halogens is 2. The van der Waals surface area contributed by atoms with Gasteiger partial charge in [-0.1, -0.05) is 56.7 Å². The SMILES string of the molecule is CN1C(=O)C(I)CC=C1c1ccc(Br)cc1. The lowest BCUT2D eigenvalue weighted by Crippen LogP contribution is -2.35. The third kappa shape index (κ3) is 2.32. The summed E-state index contributed by atoms with van der Waals surface area (Å²) in [6.07, 6.45) is 2.94. The van der Waals surface area contributed by atoms with E-state index in [1.165, 1.54) is 0 Å². The van der Waals surface area contributed by atoms with Gasteiger partial charge in [-0.2, -0.15) is 0 Å². The summed E-state index contributed by atoms with van der Waals surface area (Å²) in [6.45, 7) is 0. The Balaban J connectivity index is 2.34. The van der Waals surface area contributed by atoms with Crippen LogP contribution in [0.2, 0.25) is 0 Å². The second-order valence-corrected chi connectivity index (χ2v) is 6.12. The van der Waals surface area contributed by atoms with Gasteiger partial charge in [0.1, 0.15) is 0 Å². The van der Waals surface area contributed by atoms with Gasteiger partial charge >= 0.3 is 0 Å². The molecule has 84 valence electrons. The summed E-state index contributed by atoms with van der Waals surface area (Å²) in [4.78, 5) is 13.6. The van der Waals surface area contributed by atoms with Gasteiger partial charge in [-0.05, 0) is 24.1 Å². The van der Waals surface area contributed by atoms with E-state index in [4.69, 9.17) is 0 Å². The van der Waals surface area contributed by atoms with Crippen LogP contribution in [0, 0.1) is 0 Å². The van der Waals surface area contributed by atoms with Crippen molar-refractivity contribution in [3.05, 3.63) is 40.4 Å². The van der Waals surface area contributed by atoms with E-state index >= 15 is 0 Å². The van der Waals surface area contributed by atoms with Crippen molar-refractivity contribution in [1.29, 1.82) is 0 Å². The summed E-state index contributed by atoms with van der Waals surface area (Å²) in [7, 11) is 1.83. The van der Waals surface area contributed by atoms with Gasteiger partial charge in [-0.15, -0.1) is 0 Å². The first-order chi connectivity index (χ1) is 7.59. The smallest absolute Gasteiger partial charge is 0.240 e. The van der Waals surface area contributed by atoms with Gasteiger partial charge in [0.25, 0.3) is 0 Å². The molecule has 0 N–H and O–H groups in total. The number of hydrogen-bond donors (Lipinski definition) is 0. The molecule has 0 radical (unpaired) electrons. The molecule has 0 aromatic heterocycles. The Kier molecular flexibility index (Phi) is 3.69. The van der Waals surface area contributed by atoms with Crippen molar-refractivity contribution in [2.75, 3.05) is 7.05 Å². The number of allylic oxidation sites excluding steroid dienone is 1. The second kappa shape index (κ2) is 4.87. The molecular formula is C12H11BrINO. The van der Waals surface area contributed by atoms with Crippen LogP contribution in [0.3, 0.4) is 0 Å². The van der Waals surface area contributed by atoms with Crippen molar-refractivity contribution < 1.29 is 4.79 Å². The molecule has 0 saturated carbocycles. The van der Waals surface area contributed by atoms with Gasteiger partial charge in [0.05, 0.1) is 3.92 Å². The number of amides is 1. The molecule has 1 amide bonds. The molecule has 1 aromatic rings. The van der Waals surface area contributed by atoms with E-state index < -0.39 is 0 Å². The third-order valence-corrected chi connectivity index (χ3v) is 4.19. The van der Waals surface area contributed by atoms with Crippen LogP contribution < -0.4 is 0 Å². The Morgan fingerprint density at radius 1 is 1.38 bits per heavy atom. The average molecular weight is 392 g/mol. The lowest BCUT2D eigenvalue weighted by Gasteiger charge is -2.27. The number of rotatable bonds is 1. The van der Waals surface area contributed by atoms with E-state index in [1.807, 2.05) is 31.3 Å². The summed E-state index contributed by atoms with van der Waals surface area (Å²) in [5.41, 5.74) is 2.09. The zero-order valence-electron chi connectivity index (χ0n) is 8.78. The van der Waals surface area contributed by atoms with Gasteiger partial charge in [0, 0.05) is 17.2 Å². The average Bonchev–Trinajstić information content (AvgIpc) is 2.28. The van der Waals surface area contributed by atoms with Crippen molar-refractivity contribution in [2.45, 2.75) is 10.3 Å². The largest absolute Gasteiger partial charge is 0.314 e. The van der Waals surface area contributed by atoms with Gasteiger partial charge in [-0.25, -0.2) is 0 Å². The first-order valence-corrected chi connectivity index (χ1v) is 7.01. The molecule has 16 heavy (non-hydrogen) atoms. The third-order valence-electron chi connectivity index (χ3n) is 2.62. The fourth-order valence-corrected chi connectivity index (χ4v) is 2.65. The van der Waals surface area contributed by atoms with E-state index in [1.54, 1.807) is 4.90 Å². The normalized spacial score (nSPS) is 20.9. The monoisotopic (exact) mass is 391 g/mol. The molecule has 1 aliphatic heterocycles. The molecule has 2 rings (SSSR count). The molecule has 1 unspecified atom stereocenters. The van der Waals surface area contributed by atoms with Crippen molar-refractivity contribution in [2.24, 2.45) is 0 Å². The molecule has 0 fully saturated rings. The van der Waals surface area contributed by atoms with Crippen molar-refractivity contribution >= 4 is 50.1 Å². The number of carbonyl (C=O) groups excluding carboxylic acids is 1. The van der Waals surface area contributed by atoms with Gasteiger partial charge in [0.15, 0.2) is 0 Å². The Morgan fingerprint density at radius 2 is 2.00 bits per heavy atom. The van der Waals surface area contributed by atoms with Crippen LogP contribution >= 0.6 is 38.5 Å². The number of benzene rings is 1. The van der Waals surface area contributed by atoms with E-state index in [0.717, 1.165) is 22.2 Å². The van der Waals surface area contributed by atoms with Crippen molar-refractivity contribution in [1.82, 2.24) is 4.90 Å². The first kappa shape index (κ1) is 12.1. The molecule has 1 heterocycles. The maximum absolute atomic E-state index is 11.8. The standard InChI is InChI=1S/C12H11BrINO/c1-15-11(7-6-10(14)12(15)16)8-2-4-9(13)5-3-8/h2-5,7,10H,6H2,1H3. The Bertz CT molecular complexity index is 441. The molecule has 0 saturated heterocycles. The van der Waals surface area contributed by atoms with Crippen LogP contribution in [0.5, 0.6) is 0 Å². The van der Waals surface area contributed by atoms with Crippen LogP contribution in [-0.2, 0) is 4.79 Å². The number of hydrogen-bond acceptors (Lipinski definition) is 1. The van der Waals surface area contributed by atoms with Crippen LogP contribution in [-0.4, -0.2) is 21.8 Å². The minimum absolute atomic E-state index is 0.0711. The Labute approximate surface area is 117 Å². The molecule has 1 atom stereocenters. The highest BCUT2D eigenvalue weighted by Crippen LogP contribution is 2.28. The zero-order chi connectivity index (χ0) is 11.7. The second-order valence-electron chi connectivity index (χ2n) is 3.70. The van der Waals surface area contributed by atoms with E-state index in [2.05, 4.69) is 44.6 Å². The molecule has 0 spiro atoms. The summed E-state index contributed by atoms with van der Waals surface area (Å²) in [5.74, 6) is 0.181. The molecule has 1 aromatic carbocycles. The maximum Gasteiger partial charge on any atom is 0.240 e.